The van der Waals surface area contributed by atoms with Gasteiger partial charge < -0.3 is 15.0 Å². The molecule has 0 aromatic carbocycles. The zero-order valence-electron chi connectivity index (χ0n) is 15.1. The van der Waals surface area contributed by atoms with Crippen molar-refractivity contribution < 1.29 is 9.53 Å². The number of hydrogen-bond donors (Lipinski definition) is 1. The van der Waals surface area contributed by atoms with Gasteiger partial charge in [-0.25, -0.2) is 9.97 Å². The fourth-order valence-electron chi connectivity index (χ4n) is 3.53. The number of hydrogen-bond acceptors (Lipinski definition) is 6. The highest BCUT2D eigenvalue weighted by atomic mass is 16.5. The molecule has 0 radical (unpaired) electrons. The van der Waals surface area contributed by atoms with Gasteiger partial charge in [0, 0.05) is 51.2 Å². The number of piperidine rings is 1. The summed E-state index contributed by atoms with van der Waals surface area (Å²) >= 11 is 0. The fourth-order valence-corrected chi connectivity index (χ4v) is 3.53. The van der Waals surface area contributed by atoms with Crippen LogP contribution in [0.4, 0.5) is 5.95 Å². The van der Waals surface area contributed by atoms with E-state index < -0.39 is 0 Å². The summed E-state index contributed by atoms with van der Waals surface area (Å²) < 4.78 is 5.32. The van der Waals surface area contributed by atoms with Crippen molar-refractivity contribution in [3.63, 3.8) is 0 Å². The second kappa shape index (κ2) is 9.10. The van der Waals surface area contributed by atoms with Crippen molar-refractivity contribution in [2.75, 3.05) is 50.8 Å². The molecule has 1 aromatic heterocycles. The van der Waals surface area contributed by atoms with Crippen LogP contribution >= 0.6 is 0 Å². The van der Waals surface area contributed by atoms with Crippen LogP contribution in [-0.4, -0.2) is 72.8 Å². The summed E-state index contributed by atoms with van der Waals surface area (Å²) in [6.45, 7) is 8.11. The first-order valence-corrected chi connectivity index (χ1v) is 9.45. The lowest BCUT2D eigenvalue weighted by Gasteiger charge is -2.35. The Kier molecular flexibility index (Phi) is 6.58. The van der Waals surface area contributed by atoms with Gasteiger partial charge in [-0.1, -0.05) is 6.92 Å². The molecule has 2 saturated heterocycles. The van der Waals surface area contributed by atoms with E-state index in [0.717, 1.165) is 51.8 Å². The average Bonchev–Trinajstić information content (AvgIpc) is 2.69. The normalized spacial score (nSPS) is 22.0. The van der Waals surface area contributed by atoms with E-state index in [0.29, 0.717) is 18.2 Å². The van der Waals surface area contributed by atoms with Crippen molar-refractivity contribution in [1.29, 1.82) is 0 Å². The smallest absolute Gasteiger partial charge is 0.254 e. The van der Waals surface area contributed by atoms with Gasteiger partial charge in [0.25, 0.3) is 5.91 Å². The van der Waals surface area contributed by atoms with E-state index in [1.165, 1.54) is 19.3 Å². The standard InChI is InChI=1S/C18H29N5O2/c1-2-16-5-3-4-7-23(16)18-20-13-15(14-21-18)17(24)19-6-8-22-9-11-25-12-10-22/h13-14,16H,2-12H2,1H3,(H,19,24). The molecule has 2 aliphatic rings. The lowest BCUT2D eigenvalue weighted by Crippen LogP contribution is -2.41. The lowest BCUT2D eigenvalue weighted by molar-refractivity contribution is 0.0383. The Morgan fingerprint density at radius 1 is 1.24 bits per heavy atom. The molecule has 3 rings (SSSR count). The molecule has 2 aliphatic heterocycles. The van der Waals surface area contributed by atoms with Crippen LogP contribution in [0.25, 0.3) is 0 Å². The number of nitrogens with zero attached hydrogens (tertiary/aromatic N) is 4. The molecule has 2 fully saturated rings. The summed E-state index contributed by atoms with van der Waals surface area (Å²) in [7, 11) is 0. The Hall–Kier alpha value is -1.73. The van der Waals surface area contributed by atoms with Crippen molar-refractivity contribution in [2.45, 2.75) is 38.6 Å². The first-order valence-electron chi connectivity index (χ1n) is 9.45. The third kappa shape index (κ3) is 4.89. The van der Waals surface area contributed by atoms with E-state index in [9.17, 15) is 4.79 Å². The predicted octanol–water partition coefficient (Wildman–Crippen LogP) is 1.31. The maximum Gasteiger partial charge on any atom is 0.254 e. The molecule has 0 saturated carbocycles. The van der Waals surface area contributed by atoms with Crippen molar-refractivity contribution in [3.8, 4) is 0 Å². The minimum absolute atomic E-state index is 0.106. The molecule has 0 aliphatic carbocycles. The molecule has 25 heavy (non-hydrogen) atoms. The maximum atomic E-state index is 12.2. The van der Waals surface area contributed by atoms with E-state index in [-0.39, 0.29) is 5.91 Å². The highest BCUT2D eigenvalue weighted by Crippen LogP contribution is 2.23. The van der Waals surface area contributed by atoms with Gasteiger partial charge in [-0.2, -0.15) is 0 Å². The Labute approximate surface area is 149 Å². The number of nitrogens with one attached hydrogen (secondary N) is 1. The molecule has 7 heteroatoms. The van der Waals surface area contributed by atoms with E-state index in [2.05, 4.69) is 32.0 Å². The minimum Gasteiger partial charge on any atom is -0.379 e. The van der Waals surface area contributed by atoms with Gasteiger partial charge in [0.2, 0.25) is 5.95 Å². The van der Waals surface area contributed by atoms with Crippen molar-refractivity contribution in [1.82, 2.24) is 20.2 Å². The number of morpholine rings is 1. The van der Waals surface area contributed by atoms with Gasteiger partial charge in [0.1, 0.15) is 0 Å². The van der Waals surface area contributed by atoms with Crippen LogP contribution in [0.15, 0.2) is 12.4 Å². The highest BCUT2D eigenvalue weighted by molar-refractivity contribution is 5.93. The summed E-state index contributed by atoms with van der Waals surface area (Å²) in [5.74, 6) is 0.641. The van der Waals surface area contributed by atoms with Crippen LogP contribution in [0.3, 0.4) is 0 Å². The molecule has 1 amide bonds. The first kappa shape index (κ1) is 18.1. The molecular weight excluding hydrogens is 318 g/mol. The van der Waals surface area contributed by atoms with Gasteiger partial charge in [0.15, 0.2) is 0 Å². The zero-order valence-corrected chi connectivity index (χ0v) is 15.1. The summed E-state index contributed by atoms with van der Waals surface area (Å²) in [5, 5.41) is 2.95. The molecular formula is C18H29N5O2. The summed E-state index contributed by atoms with van der Waals surface area (Å²) in [5.41, 5.74) is 0.524. The largest absolute Gasteiger partial charge is 0.379 e. The lowest BCUT2D eigenvalue weighted by atomic mass is 10.0. The van der Waals surface area contributed by atoms with Crippen LogP contribution in [0.2, 0.25) is 0 Å². The zero-order chi connectivity index (χ0) is 17.5. The molecule has 3 heterocycles. The topological polar surface area (TPSA) is 70.6 Å². The minimum atomic E-state index is -0.106. The molecule has 1 aromatic rings. The summed E-state index contributed by atoms with van der Waals surface area (Å²) in [6.07, 6.45) is 8.06. The van der Waals surface area contributed by atoms with E-state index in [1.807, 2.05) is 0 Å². The Morgan fingerprint density at radius 2 is 2.00 bits per heavy atom. The average molecular weight is 347 g/mol. The van der Waals surface area contributed by atoms with Gasteiger partial charge in [-0.05, 0) is 25.7 Å². The molecule has 1 atom stereocenters. The third-order valence-corrected chi connectivity index (χ3v) is 5.07. The number of anilines is 1. The first-order chi connectivity index (χ1) is 12.3. The number of carbonyl (C=O) groups is 1. The van der Waals surface area contributed by atoms with Crippen molar-refractivity contribution in [3.05, 3.63) is 18.0 Å². The Morgan fingerprint density at radius 3 is 2.72 bits per heavy atom. The summed E-state index contributed by atoms with van der Waals surface area (Å²) in [4.78, 5) is 25.7. The van der Waals surface area contributed by atoms with Crippen LogP contribution in [-0.2, 0) is 4.74 Å². The predicted molar refractivity (Wildman–Crippen MR) is 96.9 cm³/mol. The number of amides is 1. The van der Waals surface area contributed by atoms with E-state index in [4.69, 9.17) is 4.74 Å². The van der Waals surface area contributed by atoms with Crippen molar-refractivity contribution >= 4 is 11.9 Å². The van der Waals surface area contributed by atoms with E-state index in [1.54, 1.807) is 12.4 Å². The molecule has 7 nitrogen and oxygen atoms in total. The maximum absolute atomic E-state index is 12.2. The fraction of sp³-hybridized carbons (Fsp3) is 0.722. The van der Waals surface area contributed by atoms with Crippen LogP contribution in [0.1, 0.15) is 43.0 Å². The van der Waals surface area contributed by atoms with Gasteiger partial charge in [0.05, 0.1) is 18.8 Å². The monoisotopic (exact) mass is 347 g/mol. The number of aromatic nitrogens is 2. The third-order valence-electron chi connectivity index (χ3n) is 5.07. The number of ether oxygens (including phenoxy) is 1. The second-order valence-electron chi connectivity index (χ2n) is 6.73. The molecule has 138 valence electrons. The van der Waals surface area contributed by atoms with Crippen molar-refractivity contribution in [2.24, 2.45) is 0 Å². The Bertz CT molecular complexity index is 545. The molecule has 0 bridgehead atoms. The second-order valence-corrected chi connectivity index (χ2v) is 6.73. The quantitative estimate of drug-likeness (QED) is 0.837. The van der Waals surface area contributed by atoms with Gasteiger partial charge in [-0.15, -0.1) is 0 Å². The van der Waals surface area contributed by atoms with Gasteiger partial charge in [-0.3, -0.25) is 9.69 Å². The highest BCUT2D eigenvalue weighted by Gasteiger charge is 2.23. The van der Waals surface area contributed by atoms with Crippen LogP contribution in [0, 0.1) is 0 Å². The van der Waals surface area contributed by atoms with Crippen LogP contribution < -0.4 is 10.2 Å². The number of carbonyl (C=O) groups excluding carboxylic acids is 1. The van der Waals surface area contributed by atoms with Crippen LogP contribution in [0.5, 0.6) is 0 Å². The van der Waals surface area contributed by atoms with E-state index >= 15 is 0 Å². The Balaban J connectivity index is 1.49. The SMILES string of the molecule is CCC1CCCCN1c1ncc(C(=O)NCCN2CCOCC2)cn1. The number of rotatable bonds is 6. The molecule has 1 N–H and O–H groups in total. The molecule has 1 unspecified atom stereocenters. The van der Waals surface area contributed by atoms with Gasteiger partial charge >= 0.3 is 0 Å². The molecule has 0 spiro atoms. The summed E-state index contributed by atoms with van der Waals surface area (Å²) in [6, 6.07) is 0.516.